The molecular weight excluding hydrogens is 973 g/mol. The number of hydrogen-bond donors (Lipinski definition) is 0. The molecule has 454 valence electrons. The molecule has 0 aromatic carbocycles. The van der Waals surface area contributed by atoms with E-state index < -0.39 is 6.10 Å². The summed E-state index contributed by atoms with van der Waals surface area (Å²) in [6.45, 7) is 6.52. The van der Waals surface area contributed by atoms with Gasteiger partial charge in [0.25, 0.3) is 0 Å². The summed E-state index contributed by atoms with van der Waals surface area (Å²) in [6.07, 6.45) is 89.9. The fraction of sp³-hybridized carbons (Fsp3) is 0.740. The molecule has 0 N–H and O–H groups in total. The predicted molar refractivity (Wildman–Crippen MR) is 344 cm³/mol. The van der Waals surface area contributed by atoms with Crippen LogP contribution in [-0.4, -0.2) is 37.2 Å². The molecule has 0 aromatic heterocycles. The van der Waals surface area contributed by atoms with Crippen LogP contribution in [0, 0.1) is 0 Å². The van der Waals surface area contributed by atoms with Crippen molar-refractivity contribution in [3.05, 3.63) is 97.2 Å². The Balaban J connectivity index is 4.30. The Morgan fingerprint density at radius 3 is 0.797 bits per heavy atom. The quantitative estimate of drug-likeness (QED) is 0.0261. The van der Waals surface area contributed by atoms with Crippen molar-refractivity contribution in [2.45, 2.75) is 335 Å². The molecule has 0 aliphatic heterocycles. The lowest BCUT2D eigenvalue weighted by molar-refractivity contribution is -0.167. The highest BCUT2D eigenvalue weighted by Crippen LogP contribution is 2.16. The van der Waals surface area contributed by atoms with Gasteiger partial charge in [-0.05, 0) is 122 Å². The molecule has 0 radical (unpaired) electrons. The van der Waals surface area contributed by atoms with Gasteiger partial charge in [0.15, 0.2) is 6.10 Å². The van der Waals surface area contributed by atoms with E-state index in [0.717, 1.165) is 122 Å². The molecule has 6 heteroatoms. The second kappa shape index (κ2) is 66.8. The lowest BCUT2D eigenvalue weighted by Gasteiger charge is -2.18. The molecule has 0 saturated carbocycles. The molecule has 0 aromatic rings. The summed E-state index contributed by atoms with van der Waals surface area (Å²) >= 11 is 0. The number of carbonyl (C=O) groups is 3. The van der Waals surface area contributed by atoms with E-state index in [0.29, 0.717) is 19.3 Å². The maximum absolute atomic E-state index is 12.9. The van der Waals surface area contributed by atoms with Crippen LogP contribution in [0.15, 0.2) is 97.2 Å². The molecule has 1 unspecified atom stereocenters. The Morgan fingerprint density at radius 2 is 0.494 bits per heavy atom. The van der Waals surface area contributed by atoms with Crippen molar-refractivity contribution < 1.29 is 28.6 Å². The summed E-state index contributed by atoms with van der Waals surface area (Å²) < 4.78 is 16.9. The van der Waals surface area contributed by atoms with E-state index in [4.69, 9.17) is 14.2 Å². The zero-order chi connectivity index (χ0) is 57.1. The van der Waals surface area contributed by atoms with Gasteiger partial charge in [0.2, 0.25) is 0 Å². The summed E-state index contributed by atoms with van der Waals surface area (Å²) in [4.78, 5) is 38.4. The highest BCUT2D eigenvalue weighted by molar-refractivity contribution is 5.71. The maximum Gasteiger partial charge on any atom is 0.306 e. The van der Waals surface area contributed by atoms with Crippen LogP contribution in [0.25, 0.3) is 0 Å². The van der Waals surface area contributed by atoms with Gasteiger partial charge in [0, 0.05) is 19.3 Å². The minimum atomic E-state index is -0.790. The molecular formula is C73H126O6. The molecule has 0 saturated heterocycles. The first-order chi connectivity index (χ1) is 39.0. The molecule has 79 heavy (non-hydrogen) atoms. The number of unbranched alkanes of at least 4 members (excludes halogenated alkanes) is 34. The van der Waals surface area contributed by atoms with Gasteiger partial charge in [-0.2, -0.15) is 0 Å². The Bertz CT molecular complexity index is 1540. The van der Waals surface area contributed by atoms with Crippen LogP contribution in [0.5, 0.6) is 0 Å². The third kappa shape index (κ3) is 65.0. The van der Waals surface area contributed by atoms with Crippen LogP contribution in [0.1, 0.15) is 329 Å². The monoisotopic (exact) mass is 1100 g/mol. The molecule has 0 amide bonds. The van der Waals surface area contributed by atoms with E-state index in [1.165, 1.54) is 167 Å². The largest absolute Gasteiger partial charge is 0.462 e. The second-order valence-electron chi connectivity index (χ2n) is 22.3. The third-order valence-electron chi connectivity index (χ3n) is 14.5. The van der Waals surface area contributed by atoms with Gasteiger partial charge in [-0.25, -0.2) is 0 Å². The van der Waals surface area contributed by atoms with Crippen LogP contribution in [0.4, 0.5) is 0 Å². The van der Waals surface area contributed by atoms with Crippen molar-refractivity contribution in [3.63, 3.8) is 0 Å². The lowest BCUT2D eigenvalue weighted by atomic mass is 10.0. The van der Waals surface area contributed by atoms with E-state index >= 15 is 0 Å². The van der Waals surface area contributed by atoms with Crippen LogP contribution < -0.4 is 0 Å². The van der Waals surface area contributed by atoms with Crippen LogP contribution >= 0.6 is 0 Å². The topological polar surface area (TPSA) is 78.9 Å². The van der Waals surface area contributed by atoms with Crippen LogP contribution in [-0.2, 0) is 28.6 Å². The third-order valence-corrected chi connectivity index (χ3v) is 14.5. The Morgan fingerprint density at radius 1 is 0.266 bits per heavy atom. The van der Waals surface area contributed by atoms with Crippen molar-refractivity contribution in [1.29, 1.82) is 0 Å². The summed E-state index contributed by atoms with van der Waals surface area (Å²) in [5.74, 6) is -0.895. The normalized spacial score (nSPS) is 12.7. The maximum atomic E-state index is 12.9. The molecule has 6 nitrogen and oxygen atoms in total. The van der Waals surface area contributed by atoms with Gasteiger partial charge in [0.1, 0.15) is 13.2 Å². The minimum Gasteiger partial charge on any atom is -0.462 e. The lowest BCUT2D eigenvalue weighted by Crippen LogP contribution is -2.30. The van der Waals surface area contributed by atoms with Gasteiger partial charge >= 0.3 is 17.9 Å². The van der Waals surface area contributed by atoms with Crippen molar-refractivity contribution in [2.24, 2.45) is 0 Å². The molecule has 0 heterocycles. The molecule has 1 atom stereocenters. The zero-order valence-corrected chi connectivity index (χ0v) is 52.1. The summed E-state index contributed by atoms with van der Waals surface area (Å²) in [6, 6.07) is 0. The van der Waals surface area contributed by atoms with Crippen molar-refractivity contribution in [1.82, 2.24) is 0 Å². The number of hydrogen-bond acceptors (Lipinski definition) is 6. The molecule has 0 aliphatic carbocycles. The van der Waals surface area contributed by atoms with Gasteiger partial charge in [0.05, 0.1) is 0 Å². The van der Waals surface area contributed by atoms with Crippen molar-refractivity contribution >= 4 is 17.9 Å². The van der Waals surface area contributed by atoms with Crippen molar-refractivity contribution in [2.75, 3.05) is 13.2 Å². The van der Waals surface area contributed by atoms with Crippen LogP contribution in [0.3, 0.4) is 0 Å². The molecule has 0 aliphatic rings. The molecule has 0 rings (SSSR count). The van der Waals surface area contributed by atoms with E-state index in [-0.39, 0.29) is 31.1 Å². The number of rotatable bonds is 61. The molecule has 0 bridgehead atoms. The summed E-state index contributed by atoms with van der Waals surface area (Å²) in [5, 5.41) is 0. The first-order valence-corrected chi connectivity index (χ1v) is 33.7. The fourth-order valence-corrected chi connectivity index (χ4v) is 9.50. The smallest absolute Gasteiger partial charge is 0.306 e. The summed E-state index contributed by atoms with van der Waals surface area (Å²) in [7, 11) is 0. The predicted octanol–water partition coefficient (Wildman–Crippen LogP) is 23.2. The number of carbonyl (C=O) groups excluding carboxylic acids is 3. The van der Waals surface area contributed by atoms with Gasteiger partial charge in [-0.1, -0.05) is 285 Å². The highest BCUT2D eigenvalue weighted by atomic mass is 16.6. The minimum absolute atomic E-state index is 0.0846. The molecule has 0 fully saturated rings. The van der Waals surface area contributed by atoms with Gasteiger partial charge < -0.3 is 14.2 Å². The van der Waals surface area contributed by atoms with Gasteiger partial charge in [-0.3, -0.25) is 14.4 Å². The van der Waals surface area contributed by atoms with E-state index in [2.05, 4.69) is 118 Å². The Hall–Kier alpha value is -3.67. The summed E-state index contributed by atoms with van der Waals surface area (Å²) in [5.41, 5.74) is 0. The average Bonchev–Trinajstić information content (AvgIpc) is 3.45. The molecule has 0 spiro atoms. The Labute approximate surface area is 489 Å². The zero-order valence-electron chi connectivity index (χ0n) is 52.1. The highest BCUT2D eigenvalue weighted by Gasteiger charge is 2.19. The van der Waals surface area contributed by atoms with Crippen LogP contribution in [0.2, 0.25) is 0 Å². The van der Waals surface area contributed by atoms with Crippen molar-refractivity contribution in [3.8, 4) is 0 Å². The first-order valence-electron chi connectivity index (χ1n) is 33.7. The number of ether oxygens (including phenoxy) is 3. The number of allylic oxidation sites excluding steroid dienone is 16. The fourth-order valence-electron chi connectivity index (χ4n) is 9.50. The second-order valence-corrected chi connectivity index (χ2v) is 22.3. The SMILES string of the molecule is CC/C=C\C/C=C\C/C=C\C/C=C\C/C=C\CCCCCCCCCCCCCCCC(=O)OCC(COC(=O)CCCCCCC/C=C\CCCCCCCCC)OC(=O)CCCCCCC/C=C\C/C=C\CCCCCC. The van der Waals surface area contributed by atoms with E-state index in [1.54, 1.807) is 0 Å². The average molecular weight is 1100 g/mol. The Kier molecular flexibility index (Phi) is 63.7. The van der Waals surface area contributed by atoms with Gasteiger partial charge in [-0.15, -0.1) is 0 Å². The van der Waals surface area contributed by atoms with E-state index in [9.17, 15) is 14.4 Å². The number of esters is 3. The van der Waals surface area contributed by atoms with E-state index in [1.807, 2.05) is 0 Å². The first kappa shape index (κ1) is 75.3. The standard InChI is InChI=1S/C73H126O6/c1-4-7-10-13-16-19-22-25-28-31-32-33-34-35-36-37-38-39-40-41-42-43-46-48-51-54-57-60-63-66-72(75)78-69-70(79-73(76)67-64-61-58-55-52-49-45-30-27-24-21-18-15-12-9-6-3)68-77-71(74)65-62-59-56-53-50-47-44-29-26-23-20-17-14-11-8-5-2/h7,10,16,19,21,24-25,28-30,32-33,35-36,44-45,70H,4-6,8-9,11-15,17-18,20,22-23,26-27,31,34,37-43,46-69H2,1-3H3/b10-7-,19-16-,24-21-,28-25-,33-32-,36-35-,44-29-,45-30-.